The van der Waals surface area contributed by atoms with E-state index < -0.39 is 0 Å². The number of aromatic nitrogens is 1. The molecule has 1 aromatic carbocycles. The van der Waals surface area contributed by atoms with E-state index >= 15 is 0 Å². The summed E-state index contributed by atoms with van der Waals surface area (Å²) in [6.07, 6.45) is 1.78. The summed E-state index contributed by atoms with van der Waals surface area (Å²) < 4.78 is 0. The minimum atomic E-state index is 0.213. The quantitative estimate of drug-likeness (QED) is 0.628. The number of nitrogens with two attached hydrogens (primary N) is 1. The van der Waals surface area contributed by atoms with E-state index in [0.29, 0.717) is 0 Å². The predicted octanol–water partition coefficient (Wildman–Crippen LogP) is 2.04. The van der Waals surface area contributed by atoms with Crippen LogP contribution in [0.25, 0.3) is 10.9 Å². The van der Waals surface area contributed by atoms with E-state index in [4.69, 9.17) is 10.8 Å². The van der Waals surface area contributed by atoms with Crippen molar-refractivity contribution >= 4 is 28.4 Å². The van der Waals surface area contributed by atoms with Crippen LogP contribution in [-0.4, -0.2) is 22.5 Å². The lowest BCUT2D eigenvalue weighted by atomic mass is 10.1. The summed E-state index contributed by atoms with van der Waals surface area (Å²) in [7, 11) is 0. The lowest BCUT2D eigenvalue weighted by Crippen LogP contribution is -1.94. The van der Waals surface area contributed by atoms with E-state index in [0.717, 1.165) is 28.1 Å². The molecule has 0 bridgehead atoms. The van der Waals surface area contributed by atoms with Crippen molar-refractivity contribution in [1.29, 1.82) is 0 Å². The minimum absolute atomic E-state index is 0.213. The van der Waals surface area contributed by atoms with E-state index in [1.807, 2.05) is 24.3 Å². The van der Waals surface area contributed by atoms with Crippen LogP contribution in [-0.2, 0) is 5.75 Å². The van der Waals surface area contributed by atoms with Gasteiger partial charge in [0.25, 0.3) is 0 Å². The molecule has 0 aliphatic heterocycles. The average Bonchev–Trinajstić information content (AvgIpc) is 2.33. The fraction of sp³-hybridized carbons (Fsp3) is 0.250. The summed E-state index contributed by atoms with van der Waals surface area (Å²) in [5, 5.41) is 9.75. The number of hydrogen-bond acceptors (Lipinski definition) is 4. The molecule has 0 saturated carbocycles. The van der Waals surface area contributed by atoms with Crippen LogP contribution in [0.2, 0.25) is 0 Å². The van der Waals surface area contributed by atoms with Gasteiger partial charge >= 0.3 is 0 Å². The van der Waals surface area contributed by atoms with Gasteiger partial charge in [-0.1, -0.05) is 6.07 Å². The van der Waals surface area contributed by atoms with Crippen molar-refractivity contribution < 1.29 is 5.11 Å². The van der Waals surface area contributed by atoms with Crippen molar-refractivity contribution in [2.24, 2.45) is 0 Å². The number of nitrogens with zero attached hydrogens (tertiary/aromatic N) is 1. The molecule has 3 nitrogen and oxygen atoms in total. The third-order valence-electron chi connectivity index (χ3n) is 2.38. The summed E-state index contributed by atoms with van der Waals surface area (Å²) in [4.78, 5) is 4.36. The van der Waals surface area contributed by atoms with Gasteiger partial charge in [-0.05, 0) is 23.8 Å². The molecule has 1 aromatic heterocycles. The molecule has 16 heavy (non-hydrogen) atoms. The number of rotatable bonds is 4. The number of pyridine rings is 1. The Morgan fingerprint density at radius 2 is 2.19 bits per heavy atom. The van der Waals surface area contributed by atoms with Crippen molar-refractivity contribution in [2.45, 2.75) is 5.75 Å². The van der Waals surface area contributed by atoms with Crippen molar-refractivity contribution in [3.63, 3.8) is 0 Å². The Balaban J connectivity index is 2.35. The largest absolute Gasteiger partial charge is 0.398 e. The standard InChI is InChI=1S/C12H14N2OS/c13-11-4-3-9(8-16-7-6-15)12-10(11)2-1-5-14-12/h1-5,15H,6-8,13H2. The minimum Gasteiger partial charge on any atom is -0.398 e. The highest BCUT2D eigenvalue weighted by Crippen LogP contribution is 2.25. The van der Waals surface area contributed by atoms with Crippen LogP contribution >= 0.6 is 11.8 Å². The molecule has 0 spiro atoms. The summed E-state index contributed by atoms with van der Waals surface area (Å²) in [5.74, 6) is 1.60. The van der Waals surface area contributed by atoms with Gasteiger partial charge in [0.2, 0.25) is 0 Å². The van der Waals surface area contributed by atoms with E-state index in [-0.39, 0.29) is 6.61 Å². The second-order valence-corrected chi connectivity index (χ2v) is 4.59. The van der Waals surface area contributed by atoms with Gasteiger partial charge in [-0.25, -0.2) is 0 Å². The average molecular weight is 234 g/mol. The predicted molar refractivity (Wildman–Crippen MR) is 69.4 cm³/mol. The SMILES string of the molecule is Nc1ccc(CSCCO)c2ncccc12. The molecule has 0 atom stereocenters. The molecule has 0 aliphatic carbocycles. The third kappa shape index (κ3) is 2.28. The lowest BCUT2D eigenvalue weighted by molar-refractivity contribution is 0.322. The van der Waals surface area contributed by atoms with E-state index in [2.05, 4.69) is 4.98 Å². The fourth-order valence-corrected chi connectivity index (χ4v) is 2.34. The summed E-state index contributed by atoms with van der Waals surface area (Å²) >= 11 is 1.70. The van der Waals surface area contributed by atoms with Gasteiger partial charge in [0.15, 0.2) is 0 Å². The zero-order valence-electron chi connectivity index (χ0n) is 8.89. The molecule has 0 radical (unpaired) electrons. The Hall–Kier alpha value is -1.26. The van der Waals surface area contributed by atoms with E-state index in [1.165, 1.54) is 5.56 Å². The van der Waals surface area contributed by atoms with Crippen LogP contribution in [0.4, 0.5) is 5.69 Å². The number of aliphatic hydroxyl groups is 1. The molecule has 84 valence electrons. The maximum absolute atomic E-state index is 8.75. The number of anilines is 1. The maximum atomic E-state index is 8.75. The molecule has 2 rings (SSSR count). The Morgan fingerprint density at radius 1 is 1.31 bits per heavy atom. The Kier molecular flexibility index (Phi) is 3.64. The van der Waals surface area contributed by atoms with E-state index in [1.54, 1.807) is 18.0 Å². The second kappa shape index (κ2) is 5.18. The topological polar surface area (TPSA) is 59.1 Å². The molecule has 4 heteroatoms. The van der Waals surface area contributed by atoms with Gasteiger partial charge in [-0.15, -0.1) is 0 Å². The zero-order valence-corrected chi connectivity index (χ0v) is 9.70. The molecule has 0 fully saturated rings. The Morgan fingerprint density at radius 3 is 3.00 bits per heavy atom. The van der Waals surface area contributed by atoms with Crippen LogP contribution in [0, 0.1) is 0 Å². The van der Waals surface area contributed by atoms with E-state index in [9.17, 15) is 0 Å². The van der Waals surface area contributed by atoms with Crippen molar-refractivity contribution in [3.05, 3.63) is 36.0 Å². The molecule has 0 unspecified atom stereocenters. The van der Waals surface area contributed by atoms with Crippen LogP contribution in [0.5, 0.6) is 0 Å². The monoisotopic (exact) mass is 234 g/mol. The van der Waals surface area contributed by atoms with Gasteiger partial charge in [0.1, 0.15) is 0 Å². The molecular weight excluding hydrogens is 220 g/mol. The first-order valence-corrected chi connectivity index (χ1v) is 6.29. The van der Waals surface area contributed by atoms with Crippen molar-refractivity contribution in [1.82, 2.24) is 4.98 Å². The fourth-order valence-electron chi connectivity index (χ4n) is 1.62. The number of thioether (sulfide) groups is 1. The smallest absolute Gasteiger partial charge is 0.0763 e. The molecule has 0 aliphatic rings. The second-order valence-electron chi connectivity index (χ2n) is 3.49. The highest BCUT2D eigenvalue weighted by molar-refractivity contribution is 7.98. The number of nitrogen functional groups attached to an aromatic ring is 1. The molecule has 3 N–H and O–H groups in total. The first-order chi connectivity index (χ1) is 7.83. The highest BCUT2D eigenvalue weighted by atomic mass is 32.2. The first-order valence-electron chi connectivity index (χ1n) is 5.13. The van der Waals surface area contributed by atoms with Gasteiger partial charge in [0, 0.05) is 28.8 Å². The maximum Gasteiger partial charge on any atom is 0.0763 e. The van der Waals surface area contributed by atoms with Gasteiger partial charge in [0.05, 0.1) is 12.1 Å². The molecule has 0 amide bonds. The molecule has 2 aromatic rings. The van der Waals surface area contributed by atoms with Crippen LogP contribution in [0.3, 0.4) is 0 Å². The summed E-state index contributed by atoms with van der Waals surface area (Å²) in [5.41, 5.74) is 8.79. The lowest BCUT2D eigenvalue weighted by Gasteiger charge is -2.07. The number of fused-ring (bicyclic) bond motifs is 1. The summed E-state index contributed by atoms with van der Waals surface area (Å²) in [6, 6.07) is 7.80. The highest BCUT2D eigenvalue weighted by Gasteiger charge is 2.04. The van der Waals surface area contributed by atoms with Crippen LogP contribution < -0.4 is 5.73 Å². The first kappa shape index (κ1) is 11.2. The summed E-state index contributed by atoms with van der Waals surface area (Å²) in [6.45, 7) is 0.213. The van der Waals surface area contributed by atoms with Gasteiger partial charge in [-0.3, -0.25) is 4.98 Å². The molecular formula is C12H14N2OS. The van der Waals surface area contributed by atoms with Gasteiger partial charge < -0.3 is 10.8 Å². The third-order valence-corrected chi connectivity index (χ3v) is 3.37. The Labute approximate surface area is 98.7 Å². The zero-order chi connectivity index (χ0) is 11.4. The number of benzene rings is 1. The number of aliphatic hydroxyl groups excluding tert-OH is 1. The van der Waals surface area contributed by atoms with Crippen molar-refractivity contribution in [3.8, 4) is 0 Å². The number of hydrogen-bond donors (Lipinski definition) is 2. The molecule has 1 heterocycles. The van der Waals surface area contributed by atoms with Crippen molar-refractivity contribution in [2.75, 3.05) is 18.1 Å². The normalized spacial score (nSPS) is 10.8. The van der Waals surface area contributed by atoms with Gasteiger partial charge in [-0.2, -0.15) is 11.8 Å². The Bertz CT molecular complexity index is 487. The molecule has 0 saturated heterocycles. The van der Waals surface area contributed by atoms with Crippen LogP contribution in [0.1, 0.15) is 5.56 Å². The van der Waals surface area contributed by atoms with Crippen LogP contribution in [0.15, 0.2) is 30.5 Å².